The predicted molar refractivity (Wildman–Crippen MR) is 118 cm³/mol. The van der Waals surface area contributed by atoms with Gasteiger partial charge in [0.05, 0.1) is 23.0 Å². The highest BCUT2D eigenvalue weighted by Crippen LogP contribution is 2.25. The van der Waals surface area contributed by atoms with Crippen LogP contribution < -0.4 is 0 Å². The number of fused-ring (bicyclic) bond motifs is 1. The maximum Gasteiger partial charge on any atom is 0.338 e. The summed E-state index contributed by atoms with van der Waals surface area (Å²) in [5.41, 5.74) is 1.60. The average Bonchev–Trinajstić information content (AvgIpc) is 3.26. The van der Waals surface area contributed by atoms with Crippen molar-refractivity contribution in [1.82, 2.24) is 9.29 Å². The zero-order valence-corrected chi connectivity index (χ0v) is 18.9. The van der Waals surface area contributed by atoms with Gasteiger partial charge in [0.2, 0.25) is 15.9 Å². The van der Waals surface area contributed by atoms with Gasteiger partial charge in [0, 0.05) is 13.1 Å². The number of nitrogens with zero attached hydrogens (tertiary/aromatic N) is 2. The summed E-state index contributed by atoms with van der Waals surface area (Å²) in [5, 5.41) is 0. The van der Waals surface area contributed by atoms with E-state index in [-0.39, 0.29) is 36.8 Å². The van der Waals surface area contributed by atoms with E-state index in [1.165, 1.54) is 28.6 Å². The molecule has 174 valence electrons. The summed E-state index contributed by atoms with van der Waals surface area (Å²) in [4.78, 5) is 28.6. The lowest BCUT2D eigenvalue weighted by Gasteiger charge is -2.30. The number of oxazole rings is 1. The monoisotopic (exact) mass is 472 g/mol. The zero-order valence-electron chi connectivity index (χ0n) is 18.1. The van der Waals surface area contributed by atoms with Crippen LogP contribution in [-0.2, 0) is 30.9 Å². The zero-order chi connectivity index (χ0) is 23.4. The minimum atomic E-state index is -3.73. The lowest BCUT2D eigenvalue weighted by Crippen LogP contribution is -2.40. The number of carbonyl (C=O) groups is 2. The topological polar surface area (TPSA) is 116 Å². The molecule has 0 spiro atoms. The first kappa shape index (κ1) is 22.9. The van der Waals surface area contributed by atoms with E-state index in [4.69, 9.17) is 13.9 Å². The van der Waals surface area contributed by atoms with Crippen molar-refractivity contribution in [2.75, 3.05) is 19.7 Å². The van der Waals surface area contributed by atoms with Gasteiger partial charge >= 0.3 is 11.9 Å². The van der Waals surface area contributed by atoms with Crippen molar-refractivity contribution < 1.29 is 31.9 Å². The molecule has 1 aromatic heterocycles. The first-order chi connectivity index (χ1) is 15.9. The Hall–Kier alpha value is -3.24. The number of benzene rings is 2. The van der Waals surface area contributed by atoms with Crippen molar-refractivity contribution >= 4 is 33.1 Å². The third-order valence-corrected chi connectivity index (χ3v) is 7.38. The summed E-state index contributed by atoms with van der Waals surface area (Å²) >= 11 is 0. The van der Waals surface area contributed by atoms with Crippen LogP contribution in [0.4, 0.5) is 0 Å². The van der Waals surface area contributed by atoms with Crippen LogP contribution in [0.3, 0.4) is 0 Å². The number of hydrogen-bond acceptors (Lipinski definition) is 8. The maximum atomic E-state index is 12.9. The molecule has 0 atom stereocenters. The summed E-state index contributed by atoms with van der Waals surface area (Å²) < 4.78 is 43.0. The van der Waals surface area contributed by atoms with Crippen molar-refractivity contribution in [2.45, 2.75) is 31.3 Å². The molecule has 9 nitrogen and oxygen atoms in total. The van der Waals surface area contributed by atoms with Crippen LogP contribution in [0.5, 0.6) is 0 Å². The average molecular weight is 473 g/mol. The van der Waals surface area contributed by atoms with E-state index in [9.17, 15) is 18.0 Å². The number of para-hydroxylation sites is 2. The number of rotatable bonds is 7. The Morgan fingerprint density at radius 3 is 2.42 bits per heavy atom. The minimum Gasteiger partial charge on any atom is -0.462 e. The third-order valence-electron chi connectivity index (χ3n) is 5.47. The van der Waals surface area contributed by atoms with E-state index in [1.807, 2.05) is 18.2 Å². The number of aromatic nitrogens is 1. The lowest BCUT2D eigenvalue weighted by atomic mass is 9.98. The molecular weight excluding hydrogens is 448 g/mol. The van der Waals surface area contributed by atoms with E-state index in [1.54, 1.807) is 13.0 Å². The molecule has 33 heavy (non-hydrogen) atoms. The molecule has 1 fully saturated rings. The van der Waals surface area contributed by atoms with Gasteiger partial charge in [-0.2, -0.15) is 4.31 Å². The first-order valence-corrected chi connectivity index (χ1v) is 12.1. The highest BCUT2D eigenvalue weighted by molar-refractivity contribution is 7.89. The molecule has 4 rings (SSSR count). The fourth-order valence-corrected chi connectivity index (χ4v) is 5.16. The second-order valence-electron chi connectivity index (χ2n) is 7.61. The first-order valence-electron chi connectivity index (χ1n) is 10.7. The van der Waals surface area contributed by atoms with Crippen LogP contribution in [0, 0.1) is 5.92 Å². The van der Waals surface area contributed by atoms with Crippen molar-refractivity contribution in [3.63, 3.8) is 0 Å². The summed E-state index contributed by atoms with van der Waals surface area (Å²) in [6.45, 7) is 2.27. The van der Waals surface area contributed by atoms with Gasteiger partial charge in [0.1, 0.15) is 5.52 Å². The summed E-state index contributed by atoms with van der Waals surface area (Å²) in [6.07, 6.45) is 0.707. The molecule has 1 saturated heterocycles. The fourth-order valence-electron chi connectivity index (χ4n) is 3.69. The Morgan fingerprint density at radius 1 is 1.06 bits per heavy atom. The Kier molecular flexibility index (Phi) is 6.75. The highest BCUT2D eigenvalue weighted by Gasteiger charge is 2.33. The van der Waals surface area contributed by atoms with Gasteiger partial charge in [-0.15, -0.1) is 0 Å². The fraction of sp³-hybridized carbons (Fsp3) is 0.348. The number of piperidine rings is 1. The summed E-state index contributed by atoms with van der Waals surface area (Å²) in [6, 6.07) is 12.9. The van der Waals surface area contributed by atoms with Crippen LogP contribution in [0.15, 0.2) is 57.8 Å². The number of sulfonamides is 1. The van der Waals surface area contributed by atoms with Gasteiger partial charge < -0.3 is 13.9 Å². The molecule has 1 aliphatic rings. The minimum absolute atomic E-state index is 0.0706. The van der Waals surface area contributed by atoms with E-state index >= 15 is 0 Å². The predicted octanol–water partition coefficient (Wildman–Crippen LogP) is 3.15. The number of carbonyl (C=O) groups excluding carboxylic acids is 2. The van der Waals surface area contributed by atoms with Crippen molar-refractivity contribution in [2.24, 2.45) is 5.92 Å². The van der Waals surface area contributed by atoms with Crippen molar-refractivity contribution in [3.8, 4) is 0 Å². The Bertz CT molecular complexity index is 1210. The number of hydrogen-bond donors (Lipinski definition) is 0. The van der Waals surface area contributed by atoms with Crippen LogP contribution >= 0.6 is 0 Å². The van der Waals surface area contributed by atoms with Gasteiger partial charge in [0.25, 0.3) is 0 Å². The van der Waals surface area contributed by atoms with E-state index in [0.717, 1.165) is 0 Å². The third kappa shape index (κ3) is 5.07. The Labute approximate surface area is 191 Å². The molecule has 1 aliphatic heterocycles. The maximum absolute atomic E-state index is 12.9. The second kappa shape index (κ2) is 9.72. The SMILES string of the molecule is CCOC(=O)c1ccc(S(=O)(=O)N2CCC(C(=O)OCc3nc4ccccc4o3)CC2)cc1. The molecule has 10 heteroatoms. The van der Waals surface area contributed by atoms with E-state index in [0.29, 0.717) is 29.8 Å². The van der Waals surface area contributed by atoms with Gasteiger partial charge in [0.15, 0.2) is 12.2 Å². The van der Waals surface area contributed by atoms with E-state index in [2.05, 4.69) is 4.98 Å². The number of esters is 2. The summed E-state index contributed by atoms with van der Waals surface area (Å²) in [5.74, 6) is -0.977. The van der Waals surface area contributed by atoms with Gasteiger partial charge in [-0.3, -0.25) is 4.79 Å². The smallest absolute Gasteiger partial charge is 0.338 e. The summed E-state index contributed by atoms with van der Waals surface area (Å²) in [7, 11) is -3.73. The van der Waals surface area contributed by atoms with Crippen LogP contribution in [0.25, 0.3) is 11.1 Å². The standard InChI is InChI=1S/C23H24N2O7S/c1-2-30-22(26)16-7-9-18(10-8-16)33(28,29)25-13-11-17(12-14-25)23(27)31-15-21-24-19-5-3-4-6-20(19)32-21/h3-10,17H,2,11-15H2,1H3. The lowest BCUT2D eigenvalue weighted by molar-refractivity contribution is -0.151. The molecular formula is C23H24N2O7S. The second-order valence-corrected chi connectivity index (χ2v) is 9.54. The quantitative estimate of drug-likeness (QED) is 0.482. The molecule has 2 aromatic carbocycles. The van der Waals surface area contributed by atoms with Gasteiger partial charge in [-0.1, -0.05) is 12.1 Å². The molecule has 0 bridgehead atoms. The van der Waals surface area contributed by atoms with Crippen LogP contribution in [0.1, 0.15) is 36.0 Å². The van der Waals surface area contributed by atoms with Crippen LogP contribution in [0.2, 0.25) is 0 Å². The Balaban J connectivity index is 1.31. The largest absolute Gasteiger partial charge is 0.462 e. The molecule has 0 unspecified atom stereocenters. The number of ether oxygens (including phenoxy) is 2. The normalized spacial score (nSPS) is 15.4. The van der Waals surface area contributed by atoms with Crippen molar-refractivity contribution in [3.05, 3.63) is 60.0 Å². The van der Waals surface area contributed by atoms with Gasteiger partial charge in [-0.05, 0) is 56.2 Å². The molecule has 3 aromatic rings. The molecule has 0 aliphatic carbocycles. The molecule has 0 radical (unpaired) electrons. The highest BCUT2D eigenvalue weighted by atomic mass is 32.2. The molecule has 0 N–H and O–H groups in total. The Morgan fingerprint density at radius 2 is 1.76 bits per heavy atom. The molecule has 0 amide bonds. The van der Waals surface area contributed by atoms with Crippen LogP contribution in [-0.4, -0.2) is 49.3 Å². The van der Waals surface area contributed by atoms with Crippen molar-refractivity contribution in [1.29, 1.82) is 0 Å². The van der Waals surface area contributed by atoms with E-state index < -0.39 is 27.9 Å². The molecule has 0 saturated carbocycles. The molecule has 2 heterocycles. The van der Waals surface area contributed by atoms with Gasteiger partial charge in [-0.25, -0.2) is 18.2 Å².